The average molecular weight is 315 g/mol. The first-order valence-electron chi connectivity index (χ1n) is 6.93. The van der Waals surface area contributed by atoms with Crippen LogP contribution in [0.5, 0.6) is 0 Å². The monoisotopic (exact) mass is 314 g/mol. The van der Waals surface area contributed by atoms with Crippen molar-refractivity contribution in [3.8, 4) is 0 Å². The number of rotatable bonds is 4. The SMILES string of the molecule is CCC1CCCCC1OCc1c(Br)c(C)nn1C. The van der Waals surface area contributed by atoms with E-state index >= 15 is 0 Å². The summed E-state index contributed by atoms with van der Waals surface area (Å²) in [6, 6.07) is 0. The molecule has 102 valence electrons. The van der Waals surface area contributed by atoms with Crippen LogP contribution in [-0.2, 0) is 18.4 Å². The molecule has 0 radical (unpaired) electrons. The Morgan fingerprint density at radius 3 is 2.72 bits per heavy atom. The lowest BCUT2D eigenvalue weighted by atomic mass is 9.85. The summed E-state index contributed by atoms with van der Waals surface area (Å²) in [6.45, 7) is 4.96. The topological polar surface area (TPSA) is 27.1 Å². The van der Waals surface area contributed by atoms with Gasteiger partial charge in [-0.1, -0.05) is 26.2 Å². The van der Waals surface area contributed by atoms with Crippen molar-refractivity contribution in [2.45, 2.75) is 58.7 Å². The van der Waals surface area contributed by atoms with E-state index in [4.69, 9.17) is 4.74 Å². The molecule has 1 heterocycles. The second-order valence-electron chi connectivity index (χ2n) is 5.27. The lowest BCUT2D eigenvalue weighted by Gasteiger charge is -2.30. The molecule has 0 spiro atoms. The molecule has 1 aliphatic rings. The molecule has 0 aliphatic heterocycles. The summed E-state index contributed by atoms with van der Waals surface area (Å²) >= 11 is 3.59. The maximum Gasteiger partial charge on any atom is 0.0900 e. The molecule has 1 fully saturated rings. The number of aromatic nitrogens is 2. The molecule has 1 aromatic rings. The number of hydrogen-bond acceptors (Lipinski definition) is 2. The summed E-state index contributed by atoms with van der Waals surface area (Å²) in [5.74, 6) is 0.742. The fourth-order valence-corrected chi connectivity index (χ4v) is 3.33. The van der Waals surface area contributed by atoms with Gasteiger partial charge in [0.05, 0.1) is 28.6 Å². The van der Waals surface area contributed by atoms with E-state index in [1.165, 1.54) is 32.1 Å². The van der Waals surface area contributed by atoms with Crippen molar-refractivity contribution in [3.63, 3.8) is 0 Å². The van der Waals surface area contributed by atoms with E-state index in [2.05, 4.69) is 28.0 Å². The van der Waals surface area contributed by atoms with Crippen molar-refractivity contribution < 1.29 is 4.74 Å². The molecule has 0 aromatic carbocycles. The van der Waals surface area contributed by atoms with Gasteiger partial charge in [-0.25, -0.2) is 0 Å². The normalized spacial score (nSPS) is 24.4. The van der Waals surface area contributed by atoms with Crippen LogP contribution in [-0.4, -0.2) is 15.9 Å². The van der Waals surface area contributed by atoms with Crippen LogP contribution in [0.25, 0.3) is 0 Å². The van der Waals surface area contributed by atoms with Crippen LogP contribution >= 0.6 is 15.9 Å². The van der Waals surface area contributed by atoms with Crippen LogP contribution in [0.2, 0.25) is 0 Å². The Morgan fingerprint density at radius 2 is 2.11 bits per heavy atom. The third-order valence-electron chi connectivity index (χ3n) is 4.06. The zero-order valence-electron chi connectivity index (χ0n) is 11.6. The third-order valence-corrected chi connectivity index (χ3v) is 5.09. The quantitative estimate of drug-likeness (QED) is 0.840. The molecule has 2 rings (SSSR count). The van der Waals surface area contributed by atoms with Crippen LogP contribution in [0.4, 0.5) is 0 Å². The van der Waals surface area contributed by atoms with Gasteiger partial charge in [0.25, 0.3) is 0 Å². The fraction of sp³-hybridized carbons (Fsp3) is 0.786. The summed E-state index contributed by atoms with van der Waals surface area (Å²) in [4.78, 5) is 0. The number of ether oxygens (including phenoxy) is 1. The first-order chi connectivity index (χ1) is 8.63. The van der Waals surface area contributed by atoms with E-state index < -0.39 is 0 Å². The number of hydrogen-bond donors (Lipinski definition) is 0. The van der Waals surface area contributed by atoms with Gasteiger partial charge in [-0.05, 0) is 41.6 Å². The number of nitrogens with zero attached hydrogens (tertiary/aromatic N) is 2. The van der Waals surface area contributed by atoms with Crippen LogP contribution in [0, 0.1) is 12.8 Å². The van der Waals surface area contributed by atoms with Gasteiger partial charge >= 0.3 is 0 Å². The van der Waals surface area contributed by atoms with E-state index in [0.717, 1.165) is 21.8 Å². The molecule has 2 unspecified atom stereocenters. The first kappa shape index (κ1) is 14.1. The second-order valence-corrected chi connectivity index (χ2v) is 6.06. The van der Waals surface area contributed by atoms with E-state index in [-0.39, 0.29) is 0 Å². The third kappa shape index (κ3) is 2.97. The highest BCUT2D eigenvalue weighted by molar-refractivity contribution is 9.10. The maximum atomic E-state index is 6.16. The molecule has 3 nitrogen and oxygen atoms in total. The van der Waals surface area contributed by atoms with Crippen LogP contribution in [0.3, 0.4) is 0 Å². The van der Waals surface area contributed by atoms with Crippen molar-refractivity contribution in [2.75, 3.05) is 0 Å². The maximum absolute atomic E-state index is 6.16. The van der Waals surface area contributed by atoms with Crippen LogP contribution in [0.1, 0.15) is 50.4 Å². The Labute approximate surface area is 118 Å². The van der Waals surface area contributed by atoms with Crippen molar-refractivity contribution in [3.05, 3.63) is 15.9 Å². The molecular weight excluding hydrogens is 292 g/mol. The first-order valence-corrected chi connectivity index (χ1v) is 7.72. The molecular formula is C14H23BrN2O. The Morgan fingerprint density at radius 1 is 1.39 bits per heavy atom. The molecule has 1 aromatic heterocycles. The molecule has 1 aliphatic carbocycles. The summed E-state index contributed by atoms with van der Waals surface area (Å²) in [7, 11) is 1.98. The van der Waals surface area contributed by atoms with Gasteiger partial charge in [-0.15, -0.1) is 0 Å². The van der Waals surface area contributed by atoms with Gasteiger partial charge in [-0.2, -0.15) is 5.10 Å². The molecule has 0 amide bonds. The molecule has 1 saturated carbocycles. The Hall–Kier alpha value is -0.350. The highest BCUT2D eigenvalue weighted by atomic mass is 79.9. The number of halogens is 1. The van der Waals surface area contributed by atoms with Gasteiger partial charge in [0.15, 0.2) is 0 Å². The van der Waals surface area contributed by atoms with E-state index in [0.29, 0.717) is 12.7 Å². The van der Waals surface area contributed by atoms with Gasteiger partial charge in [0.1, 0.15) is 0 Å². The Balaban J connectivity index is 1.98. The average Bonchev–Trinajstić information content (AvgIpc) is 2.62. The zero-order chi connectivity index (χ0) is 13.1. The van der Waals surface area contributed by atoms with Gasteiger partial charge < -0.3 is 4.74 Å². The predicted octanol–water partition coefficient (Wildman–Crippen LogP) is 3.98. The Kier molecular flexibility index (Phi) is 4.84. The Bertz CT molecular complexity index is 403. The minimum Gasteiger partial charge on any atom is -0.372 e. The fourth-order valence-electron chi connectivity index (χ4n) is 2.88. The molecule has 2 atom stereocenters. The van der Waals surface area contributed by atoms with Gasteiger partial charge in [0, 0.05) is 7.05 Å². The van der Waals surface area contributed by atoms with Crippen LogP contribution < -0.4 is 0 Å². The zero-order valence-corrected chi connectivity index (χ0v) is 13.2. The smallest absolute Gasteiger partial charge is 0.0900 e. The minimum atomic E-state index is 0.436. The van der Waals surface area contributed by atoms with Crippen LogP contribution in [0.15, 0.2) is 4.47 Å². The van der Waals surface area contributed by atoms with E-state index in [9.17, 15) is 0 Å². The molecule has 4 heteroatoms. The predicted molar refractivity (Wildman–Crippen MR) is 76.5 cm³/mol. The standard InChI is InChI=1S/C14H23BrN2O/c1-4-11-7-5-6-8-13(11)18-9-12-14(15)10(2)16-17(12)3/h11,13H,4-9H2,1-3H3. The molecule has 0 saturated heterocycles. The summed E-state index contributed by atoms with van der Waals surface area (Å²) in [5.41, 5.74) is 2.18. The summed E-state index contributed by atoms with van der Waals surface area (Å²) < 4.78 is 9.17. The highest BCUT2D eigenvalue weighted by Gasteiger charge is 2.25. The van der Waals surface area contributed by atoms with Crippen molar-refractivity contribution in [2.24, 2.45) is 13.0 Å². The van der Waals surface area contributed by atoms with E-state index in [1.807, 2.05) is 18.7 Å². The lowest BCUT2D eigenvalue weighted by molar-refractivity contribution is -0.0247. The number of aryl methyl sites for hydroxylation is 2. The summed E-state index contributed by atoms with van der Waals surface area (Å²) in [6.07, 6.45) is 6.89. The molecule has 0 N–H and O–H groups in total. The molecule has 18 heavy (non-hydrogen) atoms. The summed E-state index contributed by atoms with van der Waals surface area (Å²) in [5, 5.41) is 4.40. The molecule has 0 bridgehead atoms. The largest absolute Gasteiger partial charge is 0.372 e. The minimum absolute atomic E-state index is 0.436. The van der Waals surface area contributed by atoms with E-state index in [1.54, 1.807) is 0 Å². The van der Waals surface area contributed by atoms with Crippen molar-refractivity contribution in [1.29, 1.82) is 0 Å². The van der Waals surface area contributed by atoms with Crippen molar-refractivity contribution >= 4 is 15.9 Å². The second kappa shape index (κ2) is 6.20. The van der Waals surface area contributed by atoms with Gasteiger partial charge in [0.2, 0.25) is 0 Å². The highest BCUT2D eigenvalue weighted by Crippen LogP contribution is 2.30. The van der Waals surface area contributed by atoms with Crippen molar-refractivity contribution in [1.82, 2.24) is 9.78 Å². The lowest BCUT2D eigenvalue weighted by Crippen LogP contribution is -2.27. The van der Waals surface area contributed by atoms with Gasteiger partial charge in [-0.3, -0.25) is 4.68 Å².